The first-order valence-electron chi connectivity index (χ1n) is 12.1. The van der Waals surface area contributed by atoms with E-state index in [9.17, 15) is 4.79 Å². The molecule has 5 rings (SSSR count). The molecule has 1 saturated carbocycles. The van der Waals surface area contributed by atoms with Crippen molar-refractivity contribution < 1.29 is 4.79 Å². The zero-order chi connectivity index (χ0) is 21.9. The van der Waals surface area contributed by atoms with Crippen molar-refractivity contribution in [3.8, 4) is 0 Å². The summed E-state index contributed by atoms with van der Waals surface area (Å²) in [4.78, 5) is 19.7. The van der Waals surface area contributed by atoms with E-state index in [-0.39, 0.29) is 11.9 Å². The number of allylic oxidation sites excluding steroid dienone is 1. The summed E-state index contributed by atoms with van der Waals surface area (Å²) in [7, 11) is 0. The summed E-state index contributed by atoms with van der Waals surface area (Å²) in [5.41, 5.74) is 4.06. The minimum absolute atomic E-state index is 0.0979. The highest BCUT2D eigenvalue weighted by Gasteiger charge is 2.31. The normalized spacial score (nSPS) is 21.8. The van der Waals surface area contributed by atoms with Crippen LogP contribution in [0.2, 0.25) is 0 Å². The summed E-state index contributed by atoms with van der Waals surface area (Å²) >= 11 is 1.73. The average Bonchev–Trinajstić information content (AvgIpc) is 3.60. The van der Waals surface area contributed by atoms with Crippen LogP contribution in [0.1, 0.15) is 59.8 Å². The van der Waals surface area contributed by atoms with Crippen LogP contribution in [0.5, 0.6) is 0 Å². The summed E-state index contributed by atoms with van der Waals surface area (Å²) in [6.07, 6.45) is 7.38. The minimum atomic E-state index is 0.0979. The van der Waals surface area contributed by atoms with Gasteiger partial charge in [-0.05, 0) is 61.2 Å². The maximum Gasteiger partial charge on any atom is 0.256 e. The molecule has 2 saturated heterocycles. The third kappa shape index (κ3) is 4.71. The molecule has 3 aliphatic rings. The standard InChI is InChI=1S/C26H34N4OS/c1-19(20-8-9-20)28-21-10-11-22(23(17-21)29-13-4-2-3-5-14-29)26(31)30-15-12-27-18-24(30)25-7-6-16-32-25/h6-7,10-11,16-17,20,24,27-28H,1-5,8-9,12-15,18H2. The van der Waals surface area contributed by atoms with Gasteiger partial charge < -0.3 is 20.4 Å². The van der Waals surface area contributed by atoms with E-state index in [4.69, 9.17) is 0 Å². The van der Waals surface area contributed by atoms with Gasteiger partial charge in [-0.3, -0.25) is 4.79 Å². The molecule has 2 aromatic rings. The summed E-state index contributed by atoms with van der Waals surface area (Å²) in [6, 6.07) is 10.6. The third-order valence-electron chi connectivity index (χ3n) is 6.93. The van der Waals surface area contributed by atoms with Gasteiger partial charge in [-0.1, -0.05) is 25.5 Å². The number of carbonyl (C=O) groups excluding carboxylic acids is 1. The fourth-order valence-corrected chi connectivity index (χ4v) is 5.76. The summed E-state index contributed by atoms with van der Waals surface area (Å²) in [6.45, 7) is 8.65. The van der Waals surface area contributed by atoms with Gasteiger partial charge in [-0.25, -0.2) is 0 Å². The molecular formula is C26H34N4OS. The Morgan fingerprint density at radius 1 is 1.09 bits per heavy atom. The Balaban J connectivity index is 1.46. The molecule has 2 aliphatic heterocycles. The molecule has 1 aromatic heterocycles. The highest BCUT2D eigenvalue weighted by molar-refractivity contribution is 7.10. The molecule has 32 heavy (non-hydrogen) atoms. The first-order chi connectivity index (χ1) is 15.7. The van der Waals surface area contributed by atoms with Crippen molar-refractivity contribution in [1.29, 1.82) is 0 Å². The van der Waals surface area contributed by atoms with E-state index in [0.29, 0.717) is 5.92 Å². The fraction of sp³-hybridized carbons (Fsp3) is 0.500. The number of nitrogens with zero attached hydrogens (tertiary/aromatic N) is 2. The summed E-state index contributed by atoms with van der Waals surface area (Å²) < 4.78 is 0. The molecule has 5 nitrogen and oxygen atoms in total. The van der Waals surface area contributed by atoms with Gasteiger partial charge in [-0.15, -0.1) is 11.3 Å². The lowest BCUT2D eigenvalue weighted by atomic mass is 10.0. The topological polar surface area (TPSA) is 47.6 Å². The number of nitrogens with one attached hydrogen (secondary N) is 2. The van der Waals surface area contributed by atoms with Gasteiger partial charge in [0.1, 0.15) is 0 Å². The van der Waals surface area contributed by atoms with E-state index in [1.165, 1.54) is 43.4 Å². The summed E-state index contributed by atoms with van der Waals surface area (Å²) in [5.74, 6) is 0.752. The average molecular weight is 451 g/mol. The molecule has 1 atom stereocenters. The van der Waals surface area contributed by atoms with Crippen molar-refractivity contribution in [3.63, 3.8) is 0 Å². The molecule has 3 heterocycles. The van der Waals surface area contributed by atoms with Crippen LogP contribution >= 0.6 is 11.3 Å². The van der Waals surface area contributed by atoms with Crippen molar-refractivity contribution in [3.05, 3.63) is 58.4 Å². The molecule has 1 unspecified atom stereocenters. The third-order valence-corrected chi connectivity index (χ3v) is 7.90. The number of rotatable bonds is 6. The molecule has 6 heteroatoms. The molecule has 0 radical (unpaired) electrons. The lowest BCUT2D eigenvalue weighted by Gasteiger charge is -2.37. The Hall–Kier alpha value is -2.31. The zero-order valence-corrected chi connectivity index (χ0v) is 19.6. The predicted molar refractivity (Wildman–Crippen MR) is 134 cm³/mol. The molecule has 2 N–H and O–H groups in total. The highest BCUT2D eigenvalue weighted by atomic mass is 32.1. The number of amides is 1. The maximum atomic E-state index is 13.9. The smallest absolute Gasteiger partial charge is 0.256 e. The van der Waals surface area contributed by atoms with Gasteiger partial charge in [0.2, 0.25) is 0 Å². The largest absolute Gasteiger partial charge is 0.371 e. The lowest BCUT2D eigenvalue weighted by Crippen LogP contribution is -2.48. The lowest BCUT2D eigenvalue weighted by molar-refractivity contribution is 0.0639. The van der Waals surface area contributed by atoms with E-state index in [1.807, 2.05) is 6.07 Å². The van der Waals surface area contributed by atoms with Crippen LogP contribution in [0.15, 0.2) is 48.0 Å². The summed E-state index contributed by atoms with van der Waals surface area (Å²) in [5, 5.41) is 9.10. The molecule has 3 fully saturated rings. The van der Waals surface area contributed by atoms with Gasteiger partial charge in [-0.2, -0.15) is 0 Å². The van der Waals surface area contributed by atoms with Crippen molar-refractivity contribution in [2.75, 3.05) is 42.9 Å². The Bertz CT molecular complexity index is 945. The van der Waals surface area contributed by atoms with Gasteiger partial charge in [0.05, 0.1) is 17.3 Å². The SMILES string of the molecule is C=C(Nc1ccc(C(=O)N2CCNCC2c2cccs2)c(N2CCCCCC2)c1)C1CC1. The van der Waals surface area contributed by atoms with Crippen LogP contribution in [0.3, 0.4) is 0 Å². The van der Waals surface area contributed by atoms with Crippen LogP contribution in [0.25, 0.3) is 0 Å². The van der Waals surface area contributed by atoms with Crippen molar-refractivity contribution in [2.24, 2.45) is 5.92 Å². The maximum absolute atomic E-state index is 13.9. The first-order valence-corrected chi connectivity index (χ1v) is 13.0. The first kappa shape index (κ1) is 21.5. The number of thiophene rings is 1. The van der Waals surface area contributed by atoms with Crippen molar-refractivity contribution >= 4 is 28.6 Å². The molecule has 1 aromatic carbocycles. The van der Waals surface area contributed by atoms with Crippen LogP contribution in [0.4, 0.5) is 11.4 Å². The van der Waals surface area contributed by atoms with E-state index >= 15 is 0 Å². The van der Waals surface area contributed by atoms with E-state index < -0.39 is 0 Å². The quantitative estimate of drug-likeness (QED) is 0.631. The second-order valence-electron chi connectivity index (χ2n) is 9.29. The number of anilines is 2. The monoisotopic (exact) mass is 450 g/mol. The number of piperazine rings is 1. The molecule has 1 amide bonds. The second kappa shape index (κ2) is 9.67. The van der Waals surface area contributed by atoms with Crippen LogP contribution in [-0.4, -0.2) is 43.5 Å². The Kier molecular flexibility index (Phi) is 6.51. The number of carbonyl (C=O) groups is 1. The van der Waals surface area contributed by atoms with Crippen molar-refractivity contribution in [2.45, 2.75) is 44.6 Å². The van der Waals surface area contributed by atoms with E-state index in [1.54, 1.807) is 11.3 Å². The number of benzene rings is 1. The van der Waals surface area contributed by atoms with Crippen molar-refractivity contribution in [1.82, 2.24) is 10.2 Å². The molecule has 1 aliphatic carbocycles. The van der Waals surface area contributed by atoms with Crippen LogP contribution < -0.4 is 15.5 Å². The Labute approximate surface area is 195 Å². The highest BCUT2D eigenvalue weighted by Crippen LogP contribution is 2.37. The Morgan fingerprint density at radius 2 is 1.91 bits per heavy atom. The van der Waals surface area contributed by atoms with Crippen LogP contribution in [0, 0.1) is 5.92 Å². The van der Waals surface area contributed by atoms with Crippen LogP contribution in [-0.2, 0) is 0 Å². The predicted octanol–water partition coefficient (Wildman–Crippen LogP) is 5.25. The molecular weight excluding hydrogens is 416 g/mol. The van der Waals surface area contributed by atoms with E-state index in [2.05, 4.69) is 56.7 Å². The number of hydrogen-bond donors (Lipinski definition) is 2. The van der Waals surface area contributed by atoms with E-state index in [0.717, 1.165) is 55.4 Å². The second-order valence-corrected chi connectivity index (χ2v) is 10.3. The Morgan fingerprint density at radius 3 is 2.62 bits per heavy atom. The van der Waals surface area contributed by atoms with Gasteiger partial charge in [0.25, 0.3) is 5.91 Å². The zero-order valence-electron chi connectivity index (χ0n) is 18.8. The van der Waals surface area contributed by atoms with Gasteiger partial charge >= 0.3 is 0 Å². The molecule has 0 spiro atoms. The fourth-order valence-electron chi connectivity index (χ4n) is 4.92. The number of hydrogen-bond acceptors (Lipinski definition) is 5. The van der Waals surface area contributed by atoms with Gasteiger partial charge in [0.15, 0.2) is 0 Å². The molecule has 170 valence electrons. The minimum Gasteiger partial charge on any atom is -0.371 e. The molecule has 0 bridgehead atoms. The van der Waals surface area contributed by atoms with Gasteiger partial charge in [0, 0.05) is 49.0 Å².